The fraction of sp³-hybridized carbons (Fsp3) is 0.536. The molecule has 1 heterocycles. The minimum Gasteiger partial charge on any atom is -0.504 e. The van der Waals surface area contributed by atoms with Gasteiger partial charge in [-0.2, -0.15) is 0 Å². The minimum absolute atomic E-state index is 0.0190. The van der Waals surface area contributed by atoms with Gasteiger partial charge >= 0.3 is 29.8 Å². The number of esters is 3. The summed E-state index contributed by atoms with van der Waals surface area (Å²) in [7, 11) is 1.73. The van der Waals surface area contributed by atoms with Crippen LogP contribution in [-0.2, 0) is 50.0 Å². The summed E-state index contributed by atoms with van der Waals surface area (Å²) in [6.45, 7) is 2.85. The molecule has 3 aliphatic rings. The Labute approximate surface area is 245 Å². The molecule has 234 valence electrons. The molecule has 4 rings (SSSR count). The number of carbonyl (C=O) groups excluding carboxylic acids is 3. The highest BCUT2D eigenvalue weighted by Crippen LogP contribution is 2.63. The van der Waals surface area contributed by atoms with E-state index in [2.05, 4.69) is 10.1 Å². The van der Waals surface area contributed by atoms with Crippen molar-refractivity contribution in [1.82, 2.24) is 5.32 Å². The van der Waals surface area contributed by atoms with Crippen LogP contribution in [0.15, 0.2) is 24.0 Å². The Kier molecular flexibility index (Phi) is 8.72. The van der Waals surface area contributed by atoms with E-state index in [1.807, 2.05) is 6.92 Å². The fourth-order valence-electron chi connectivity index (χ4n) is 6.27. The second-order valence-corrected chi connectivity index (χ2v) is 10.7. The first kappa shape index (κ1) is 31.7. The van der Waals surface area contributed by atoms with Gasteiger partial charge in [-0.05, 0) is 44.5 Å². The molecule has 43 heavy (non-hydrogen) atoms. The lowest BCUT2D eigenvalue weighted by atomic mass is 9.52. The molecule has 0 saturated carbocycles. The Balaban J connectivity index is 1.45. The molecule has 1 aromatic rings. The van der Waals surface area contributed by atoms with Crippen LogP contribution in [0.3, 0.4) is 0 Å². The summed E-state index contributed by atoms with van der Waals surface area (Å²) in [5.41, 5.74) is -0.985. The average Bonchev–Trinajstić information content (AvgIpc) is 3.32. The molecule has 7 atom stereocenters. The van der Waals surface area contributed by atoms with Crippen molar-refractivity contribution in [2.24, 2.45) is 0 Å². The first-order chi connectivity index (χ1) is 20.2. The van der Waals surface area contributed by atoms with Crippen LogP contribution in [0.25, 0.3) is 0 Å². The SMILES string of the molecule is CC[C@]12c3c4ccc(O)c3O[C@H]1C(OC(=O)C[C@H](O)C(=O)O[C@@H](C)C(=O)O[C@H](CC(=O)O)C(=O)O)=CC[C@@]2(O)[C@H](NC)C4. The molecule has 15 heteroatoms. The summed E-state index contributed by atoms with van der Waals surface area (Å²) in [5, 5.41) is 53.8. The van der Waals surface area contributed by atoms with Gasteiger partial charge in [0.2, 0.25) is 6.10 Å². The molecule has 0 bridgehead atoms. The van der Waals surface area contributed by atoms with Crippen LogP contribution < -0.4 is 10.1 Å². The van der Waals surface area contributed by atoms with Crippen molar-refractivity contribution in [3.63, 3.8) is 0 Å². The lowest BCUT2D eigenvalue weighted by Gasteiger charge is -2.56. The van der Waals surface area contributed by atoms with E-state index in [0.29, 0.717) is 18.4 Å². The predicted octanol–water partition coefficient (Wildman–Crippen LogP) is -0.339. The Hall–Kier alpha value is -4.21. The van der Waals surface area contributed by atoms with E-state index in [9.17, 15) is 39.3 Å². The molecule has 0 unspecified atom stereocenters. The number of aliphatic carboxylic acids is 2. The number of hydrogen-bond donors (Lipinski definition) is 6. The van der Waals surface area contributed by atoms with Gasteiger partial charge in [-0.3, -0.25) is 9.59 Å². The number of carboxylic acid groups (broad SMARTS) is 2. The first-order valence-electron chi connectivity index (χ1n) is 13.6. The Bertz CT molecular complexity index is 1370. The maximum Gasteiger partial charge on any atom is 0.348 e. The number of aromatic hydroxyl groups is 1. The van der Waals surface area contributed by atoms with Gasteiger partial charge in [0.1, 0.15) is 5.76 Å². The van der Waals surface area contributed by atoms with Crippen molar-refractivity contribution in [3.8, 4) is 11.5 Å². The van der Waals surface area contributed by atoms with Gasteiger partial charge in [0.15, 0.2) is 29.8 Å². The zero-order chi connectivity index (χ0) is 31.9. The third-order valence-corrected chi connectivity index (χ3v) is 8.29. The molecule has 0 radical (unpaired) electrons. The lowest BCUT2D eigenvalue weighted by Crippen LogP contribution is -2.70. The van der Waals surface area contributed by atoms with Crippen molar-refractivity contribution in [2.45, 2.75) is 87.4 Å². The largest absolute Gasteiger partial charge is 0.504 e. The molecule has 0 spiro atoms. The van der Waals surface area contributed by atoms with E-state index >= 15 is 0 Å². The maximum absolute atomic E-state index is 12.8. The van der Waals surface area contributed by atoms with E-state index < -0.39 is 84.2 Å². The highest BCUT2D eigenvalue weighted by atomic mass is 16.6. The molecule has 2 aliphatic carbocycles. The Morgan fingerprint density at radius 2 is 1.81 bits per heavy atom. The van der Waals surface area contributed by atoms with Gasteiger partial charge in [0.05, 0.1) is 23.9 Å². The van der Waals surface area contributed by atoms with Crippen LogP contribution in [0, 0.1) is 0 Å². The zero-order valence-corrected chi connectivity index (χ0v) is 23.6. The lowest BCUT2D eigenvalue weighted by molar-refractivity contribution is -0.181. The van der Waals surface area contributed by atoms with E-state index in [1.165, 1.54) is 12.1 Å². The van der Waals surface area contributed by atoms with E-state index in [-0.39, 0.29) is 23.7 Å². The molecule has 0 fully saturated rings. The van der Waals surface area contributed by atoms with Crippen molar-refractivity contribution < 1.29 is 68.5 Å². The maximum atomic E-state index is 12.8. The normalized spacial score (nSPS) is 27.0. The van der Waals surface area contributed by atoms with Crippen molar-refractivity contribution in [2.75, 3.05) is 7.05 Å². The smallest absolute Gasteiger partial charge is 0.348 e. The van der Waals surface area contributed by atoms with Crippen LogP contribution in [0.4, 0.5) is 0 Å². The summed E-state index contributed by atoms with van der Waals surface area (Å²) >= 11 is 0. The minimum atomic E-state index is -2.10. The molecule has 1 aromatic carbocycles. The van der Waals surface area contributed by atoms with Crippen molar-refractivity contribution >= 4 is 29.8 Å². The van der Waals surface area contributed by atoms with Gasteiger partial charge in [-0.25, -0.2) is 14.4 Å². The number of phenols is 1. The Morgan fingerprint density at radius 3 is 2.42 bits per heavy atom. The summed E-state index contributed by atoms with van der Waals surface area (Å²) in [6, 6.07) is 2.86. The van der Waals surface area contributed by atoms with E-state index in [1.54, 1.807) is 13.1 Å². The first-order valence-corrected chi connectivity index (χ1v) is 13.6. The monoisotopic (exact) mass is 607 g/mol. The summed E-state index contributed by atoms with van der Waals surface area (Å²) in [4.78, 5) is 59.1. The zero-order valence-electron chi connectivity index (χ0n) is 23.6. The number of carbonyl (C=O) groups is 5. The number of phenolic OH excluding ortho intramolecular Hbond substituents is 1. The van der Waals surface area contributed by atoms with Crippen LogP contribution in [0.5, 0.6) is 11.5 Å². The van der Waals surface area contributed by atoms with Gasteiger partial charge in [-0.15, -0.1) is 0 Å². The third-order valence-electron chi connectivity index (χ3n) is 8.29. The molecule has 15 nitrogen and oxygen atoms in total. The summed E-state index contributed by atoms with van der Waals surface area (Å²) in [6.07, 6.45) is -6.47. The third kappa shape index (κ3) is 5.39. The summed E-state index contributed by atoms with van der Waals surface area (Å²) < 4.78 is 21.0. The molecule has 1 aliphatic heterocycles. The number of likely N-dealkylation sites (N-methyl/N-ethyl adjacent to an activating group) is 1. The van der Waals surface area contributed by atoms with Gasteiger partial charge in [-0.1, -0.05) is 13.0 Å². The number of aliphatic hydroxyl groups excluding tert-OH is 1. The van der Waals surface area contributed by atoms with Crippen LogP contribution >= 0.6 is 0 Å². The average molecular weight is 608 g/mol. The van der Waals surface area contributed by atoms with Crippen molar-refractivity contribution in [3.05, 3.63) is 35.1 Å². The van der Waals surface area contributed by atoms with Crippen LogP contribution in [0.1, 0.15) is 50.7 Å². The van der Waals surface area contributed by atoms with E-state index in [4.69, 9.17) is 24.4 Å². The molecule has 0 aromatic heterocycles. The predicted molar refractivity (Wildman–Crippen MR) is 141 cm³/mol. The molecular weight excluding hydrogens is 574 g/mol. The standard InChI is InChI=1S/C28H33NO14/c1-4-27-21-13-5-6-14(30)22(21)43-23(27)16(7-8-28(27,39)18(9-13)29-3)41-20(34)10-15(31)26(38)40-12(2)25(37)42-17(24(35)36)11-19(32)33/h5-7,12,15,17-18,23,29-31,39H,4,8-11H2,1-3H3,(H,32,33)(H,35,36)/t12-,15-,17+,18+,23-,27-,28+/m0/s1. The number of aliphatic hydroxyl groups is 2. The second-order valence-electron chi connectivity index (χ2n) is 10.7. The summed E-state index contributed by atoms with van der Waals surface area (Å²) in [5.74, 6) is -7.09. The van der Waals surface area contributed by atoms with Gasteiger partial charge < -0.3 is 49.8 Å². The molecule has 0 saturated heterocycles. The second kappa shape index (κ2) is 11.8. The number of benzene rings is 1. The quantitative estimate of drug-likeness (QED) is 0.132. The molecule has 6 N–H and O–H groups in total. The fourth-order valence-corrected chi connectivity index (χ4v) is 6.27. The number of hydrogen-bond acceptors (Lipinski definition) is 13. The Morgan fingerprint density at radius 1 is 1.12 bits per heavy atom. The number of nitrogens with one attached hydrogen (secondary N) is 1. The highest BCUT2D eigenvalue weighted by Gasteiger charge is 2.69. The topological polar surface area (TPSA) is 235 Å². The number of carboxylic acids is 2. The van der Waals surface area contributed by atoms with Gasteiger partial charge in [0.25, 0.3) is 0 Å². The molecule has 0 amide bonds. The highest BCUT2D eigenvalue weighted by molar-refractivity contribution is 5.87. The number of rotatable bonds is 12. The van der Waals surface area contributed by atoms with Gasteiger partial charge in [0, 0.05) is 18.0 Å². The van der Waals surface area contributed by atoms with Crippen LogP contribution in [-0.4, -0.2) is 98.5 Å². The molecular formula is C28H33NO14. The van der Waals surface area contributed by atoms with Crippen molar-refractivity contribution in [1.29, 1.82) is 0 Å². The van der Waals surface area contributed by atoms with E-state index in [0.717, 1.165) is 12.5 Å². The van der Waals surface area contributed by atoms with Crippen LogP contribution in [0.2, 0.25) is 0 Å². The number of ether oxygens (including phenoxy) is 4.